The lowest BCUT2D eigenvalue weighted by molar-refractivity contribution is 0.179. The van der Waals surface area contributed by atoms with Crippen LogP contribution in [0.15, 0.2) is 24.3 Å². The summed E-state index contributed by atoms with van der Waals surface area (Å²) < 4.78 is 0. The highest BCUT2D eigenvalue weighted by atomic mass is 16.3. The summed E-state index contributed by atoms with van der Waals surface area (Å²) in [6, 6.07) is 0. The number of hydrogen-bond acceptors (Lipinski definition) is 2. The molecule has 0 aromatic heterocycles. The molecule has 0 aliphatic rings. The van der Waals surface area contributed by atoms with Gasteiger partial charge in [0.25, 0.3) is 0 Å². The van der Waals surface area contributed by atoms with Crippen molar-refractivity contribution in [1.82, 2.24) is 5.32 Å². The number of hydrogen-bond donors (Lipinski definition) is 2. The van der Waals surface area contributed by atoms with Crippen LogP contribution in [0.2, 0.25) is 0 Å². The predicted molar refractivity (Wildman–Crippen MR) is 67.0 cm³/mol. The molecule has 0 rings (SSSR count). The summed E-state index contributed by atoms with van der Waals surface area (Å²) >= 11 is 0. The number of nitrogens with one attached hydrogen (secondary N) is 1. The first-order valence-corrected chi connectivity index (χ1v) is 5.59. The summed E-state index contributed by atoms with van der Waals surface area (Å²) in [4.78, 5) is 0. The molecule has 0 aliphatic carbocycles. The molecule has 0 aromatic carbocycles. The van der Waals surface area contributed by atoms with Crippen LogP contribution in [0.4, 0.5) is 0 Å². The summed E-state index contributed by atoms with van der Waals surface area (Å²) in [7, 11) is 0. The smallest absolute Gasteiger partial charge is 0.0636 e. The van der Waals surface area contributed by atoms with Crippen LogP contribution in [0.3, 0.4) is 0 Å². The van der Waals surface area contributed by atoms with Crippen LogP contribution in [0.25, 0.3) is 0 Å². The average molecular weight is 211 g/mol. The fraction of sp³-hybridized carbons (Fsp3) is 0.692. The summed E-state index contributed by atoms with van der Waals surface area (Å²) in [6.45, 7) is 12.6. The third kappa shape index (κ3) is 7.34. The van der Waals surface area contributed by atoms with Gasteiger partial charge in [-0.05, 0) is 40.5 Å². The van der Waals surface area contributed by atoms with E-state index in [4.69, 9.17) is 0 Å². The van der Waals surface area contributed by atoms with E-state index in [1.165, 1.54) is 5.57 Å². The number of β-amino-alcohol motifs (C(OH)–C–C–N with tert-alkyl or cyclic N) is 1. The van der Waals surface area contributed by atoms with E-state index in [0.29, 0.717) is 6.54 Å². The quantitative estimate of drug-likeness (QED) is 0.635. The first kappa shape index (κ1) is 14.4. The van der Waals surface area contributed by atoms with Crippen molar-refractivity contribution < 1.29 is 5.11 Å². The first-order valence-electron chi connectivity index (χ1n) is 5.59. The molecule has 15 heavy (non-hydrogen) atoms. The normalized spacial score (nSPS) is 16.6. The second-order valence-electron chi connectivity index (χ2n) is 4.67. The molecule has 2 atom stereocenters. The van der Waals surface area contributed by atoms with E-state index in [9.17, 15) is 5.11 Å². The maximum atomic E-state index is 9.22. The van der Waals surface area contributed by atoms with Gasteiger partial charge in [-0.15, -0.1) is 6.58 Å². The lowest BCUT2D eigenvalue weighted by Gasteiger charge is -2.27. The van der Waals surface area contributed by atoms with Gasteiger partial charge in [0.2, 0.25) is 0 Å². The Bertz CT molecular complexity index is 217. The minimum Gasteiger partial charge on any atom is -0.392 e. The molecule has 2 N–H and O–H groups in total. The van der Waals surface area contributed by atoms with E-state index < -0.39 is 0 Å². The van der Waals surface area contributed by atoms with E-state index in [1.807, 2.05) is 6.08 Å². The van der Waals surface area contributed by atoms with Gasteiger partial charge in [0.15, 0.2) is 0 Å². The summed E-state index contributed by atoms with van der Waals surface area (Å²) in [5.41, 5.74) is 1.26. The molecule has 0 fully saturated rings. The maximum Gasteiger partial charge on any atom is 0.0636 e. The van der Waals surface area contributed by atoms with Crippen molar-refractivity contribution >= 4 is 0 Å². The van der Waals surface area contributed by atoms with Crippen molar-refractivity contribution in [2.45, 2.75) is 52.2 Å². The molecule has 0 amide bonds. The Morgan fingerprint density at radius 1 is 1.53 bits per heavy atom. The van der Waals surface area contributed by atoms with Crippen LogP contribution in [-0.2, 0) is 0 Å². The van der Waals surface area contributed by atoms with Crippen molar-refractivity contribution in [2.75, 3.05) is 6.54 Å². The molecular formula is C13H25NO. The van der Waals surface area contributed by atoms with Gasteiger partial charge in [0, 0.05) is 12.1 Å². The van der Waals surface area contributed by atoms with E-state index in [-0.39, 0.29) is 11.6 Å². The Kier molecular flexibility index (Phi) is 6.53. The highest BCUT2D eigenvalue weighted by Gasteiger charge is 2.18. The molecule has 0 saturated carbocycles. The van der Waals surface area contributed by atoms with Gasteiger partial charge in [-0.25, -0.2) is 0 Å². The largest absolute Gasteiger partial charge is 0.392 e. The molecule has 2 nitrogen and oxygen atoms in total. The lowest BCUT2D eigenvalue weighted by Crippen LogP contribution is -2.43. The minimum absolute atomic E-state index is 0.0804. The molecular weight excluding hydrogens is 186 g/mol. The van der Waals surface area contributed by atoms with E-state index in [0.717, 1.165) is 12.8 Å². The molecule has 0 aromatic rings. The summed E-state index contributed by atoms with van der Waals surface area (Å²) in [6.07, 6.45) is 5.89. The SMILES string of the molecule is C=CC(C)(CCC=C(C)C)NCC(C)O. The zero-order valence-electron chi connectivity index (χ0n) is 10.5. The Morgan fingerprint density at radius 2 is 2.13 bits per heavy atom. The molecule has 0 radical (unpaired) electrons. The second kappa shape index (κ2) is 6.81. The number of allylic oxidation sites excluding steroid dienone is 2. The Hall–Kier alpha value is -0.600. The van der Waals surface area contributed by atoms with Crippen molar-refractivity contribution in [3.63, 3.8) is 0 Å². The fourth-order valence-electron chi connectivity index (χ4n) is 1.30. The molecule has 0 aliphatic heterocycles. The van der Waals surface area contributed by atoms with Gasteiger partial charge in [-0.2, -0.15) is 0 Å². The van der Waals surface area contributed by atoms with Crippen LogP contribution >= 0.6 is 0 Å². The predicted octanol–water partition coefficient (Wildman–Crippen LogP) is 2.65. The molecule has 0 heterocycles. The molecule has 0 bridgehead atoms. The second-order valence-corrected chi connectivity index (χ2v) is 4.67. The van der Waals surface area contributed by atoms with Crippen LogP contribution in [-0.4, -0.2) is 23.3 Å². The Labute approximate surface area is 94.1 Å². The minimum atomic E-state index is -0.312. The standard InChI is InChI=1S/C13H25NO/c1-6-13(5,14-10-12(4)15)9-7-8-11(2)3/h6,8,12,14-15H,1,7,9-10H2,2-5H3. The van der Waals surface area contributed by atoms with Crippen LogP contribution in [0.5, 0.6) is 0 Å². The molecule has 0 spiro atoms. The average Bonchev–Trinajstić information content (AvgIpc) is 2.14. The Morgan fingerprint density at radius 3 is 2.53 bits per heavy atom. The molecule has 2 heteroatoms. The Balaban J connectivity index is 4.07. The highest BCUT2D eigenvalue weighted by Crippen LogP contribution is 2.14. The topological polar surface area (TPSA) is 32.3 Å². The van der Waals surface area contributed by atoms with Gasteiger partial charge in [0.05, 0.1) is 6.10 Å². The van der Waals surface area contributed by atoms with Gasteiger partial charge < -0.3 is 10.4 Å². The van der Waals surface area contributed by atoms with Crippen LogP contribution in [0, 0.1) is 0 Å². The van der Waals surface area contributed by atoms with Gasteiger partial charge in [0.1, 0.15) is 0 Å². The van der Waals surface area contributed by atoms with Crippen molar-refractivity contribution in [2.24, 2.45) is 0 Å². The molecule has 0 saturated heterocycles. The number of aliphatic hydroxyl groups excluding tert-OH is 1. The maximum absolute atomic E-state index is 9.22. The van der Waals surface area contributed by atoms with Gasteiger partial charge in [-0.1, -0.05) is 17.7 Å². The number of rotatable bonds is 7. The van der Waals surface area contributed by atoms with Gasteiger partial charge in [-0.3, -0.25) is 0 Å². The third-order valence-corrected chi connectivity index (χ3v) is 2.47. The van der Waals surface area contributed by atoms with Crippen molar-refractivity contribution in [1.29, 1.82) is 0 Å². The molecule has 88 valence electrons. The number of aliphatic hydroxyl groups is 1. The van der Waals surface area contributed by atoms with E-state index >= 15 is 0 Å². The van der Waals surface area contributed by atoms with Gasteiger partial charge >= 0.3 is 0 Å². The monoisotopic (exact) mass is 211 g/mol. The van der Waals surface area contributed by atoms with E-state index in [1.54, 1.807) is 6.92 Å². The van der Waals surface area contributed by atoms with E-state index in [2.05, 4.69) is 38.7 Å². The van der Waals surface area contributed by atoms with Crippen LogP contribution in [0.1, 0.15) is 40.5 Å². The fourth-order valence-corrected chi connectivity index (χ4v) is 1.30. The summed E-state index contributed by atoms with van der Waals surface area (Å²) in [5, 5.41) is 12.5. The lowest BCUT2D eigenvalue weighted by atomic mass is 9.95. The zero-order chi connectivity index (χ0) is 11.9. The summed E-state index contributed by atoms with van der Waals surface area (Å²) in [5.74, 6) is 0. The highest BCUT2D eigenvalue weighted by molar-refractivity contribution is 5.02. The molecule has 2 unspecified atom stereocenters. The first-order chi connectivity index (χ1) is 6.89. The van der Waals surface area contributed by atoms with Crippen molar-refractivity contribution in [3.8, 4) is 0 Å². The third-order valence-electron chi connectivity index (χ3n) is 2.47. The van der Waals surface area contributed by atoms with Crippen molar-refractivity contribution in [3.05, 3.63) is 24.3 Å². The zero-order valence-corrected chi connectivity index (χ0v) is 10.5. The van der Waals surface area contributed by atoms with Crippen LogP contribution < -0.4 is 5.32 Å².